The van der Waals surface area contributed by atoms with Crippen molar-refractivity contribution in [2.24, 2.45) is 0 Å². The first-order chi connectivity index (χ1) is 5.38. The molecule has 0 saturated carbocycles. The second-order valence-electron chi connectivity index (χ2n) is 2.36. The van der Waals surface area contributed by atoms with Crippen LogP contribution in [0.1, 0.15) is 24.6 Å². The van der Waals surface area contributed by atoms with Crippen LogP contribution in [0.5, 0.6) is 0 Å². The fourth-order valence-electron chi connectivity index (χ4n) is 0.952. The number of rotatable bonds is 3. The van der Waals surface area contributed by atoms with Crippen LogP contribution in [0.2, 0.25) is 0 Å². The van der Waals surface area contributed by atoms with Crippen molar-refractivity contribution in [2.45, 2.75) is 13.3 Å². The summed E-state index contributed by atoms with van der Waals surface area (Å²) in [6.07, 6.45) is 9.05. The second-order valence-corrected chi connectivity index (χ2v) is 2.36. The minimum absolute atomic E-state index is 1.07. The Morgan fingerprint density at radius 3 is 3.09 bits per heavy atom. The highest BCUT2D eigenvalue weighted by molar-refractivity contribution is 5.61. The minimum Gasteiger partial charge on any atom is -0.361 e. The maximum absolute atomic E-state index is 3.72. The monoisotopic (exact) mass is 147 g/mol. The average Bonchev–Trinajstić information content (AvgIpc) is 2.47. The van der Waals surface area contributed by atoms with E-state index in [2.05, 4.69) is 30.6 Å². The highest BCUT2D eigenvalue weighted by atomic mass is 14.7. The van der Waals surface area contributed by atoms with Gasteiger partial charge < -0.3 is 4.98 Å². The first-order valence-electron chi connectivity index (χ1n) is 3.84. The molecule has 0 aliphatic carbocycles. The van der Waals surface area contributed by atoms with Crippen LogP contribution >= 0.6 is 0 Å². The molecule has 0 radical (unpaired) electrons. The molecule has 1 aromatic rings. The summed E-state index contributed by atoms with van der Waals surface area (Å²) >= 11 is 0. The molecule has 0 saturated heterocycles. The summed E-state index contributed by atoms with van der Waals surface area (Å²) in [4.78, 5) is 3.13. The molecular formula is C10H13N. The van der Waals surface area contributed by atoms with Crippen molar-refractivity contribution in [3.05, 3.63) is 36.2 Å². The minimum atomic E-state index is 1.07. The van der Waals surface area contributed by atoms with E-state index in [-0.39, 0.29) is 0 Å². The summed E-state index contributed by atoms with van der Waals surface area (Å²) in [7, 11) is 0. The molecule has 1 heteroatoms. The highest BCUT2D eigenvalue weighted by Gasteiger charge is 1.92. The van der Waals surface area contributed by atoms with E-state index < -0.39 is 0 Å². The Kier molecular flexibility index (Phi) is 2.73. The average molecular weight is 147 g/mol. The zero-order valence-corrected chi connectivity index (χ0v) is 6.80. The summed E-state index contributed by atoms with van der Waals surface area (Å²) in [5.41, 5.74) is 2.30. The van der Waals surface area contributed by atoms with E-state index in [1.807, 2.05) is 18.3 Å². The van der Waals surface area contributed by atoms with Crippen molar-refractivity contribution >= 4 is 12.2 Å². The third kappa shape index (κ3) is 1.84. The molecule has 0 spiro atoms. The quantitative estimate of drug-likeness (QED) is 0.676. The topological polar surface area (TPSA) is 15.8 Å². The molecular weight excluding hydrogens is 134 g/mol. The van der Waals surface area contributed by atoms with E-state index in [0.29, 0.717) is 0 Å². The molecule has 1 aromatic heterocycles. The summed E-state index contributed by atoms with van der Waals surface area (Å²) in [6, 6.07) is 2.02. The first kappa shape index (κ1) is 7.86. The number of allylic oxidation sites excluding steroid dienone is 1. The second kappa shape index (κ2) is 3.81. The Labute approximate surface area is 67.5 Å². The van der Waals surface area contributed by atoms with Crippen LogP contribution in [0.15, 0.2) is 24.9 Å². The molecule has 0 aromatic carbocycles. The lowest BCUT2D eigenvalue weighted by Crippen LogP contribution is -1.73. The van der Waals surface area contributed by atoms with Gasteiger partial charge in [-0.05, 0) is 24.1 Å². The Morgan fingerprint density at radius 2 is 2.45 bits per heavy atom. The smallest absolute Gasteiger partial charge is 0.0450 e. The van der Waals surface area contributed by atoms with Crippen molar-refractivity contribution < 1.29 is 0 Å². The fraction of sp³-hybridized carbons (Fsp3) is 0.200. The van der Waals surface area contributed by atoms with Gasteiger partial charge in [0.1, 0.15) is 0 Å². The van der Waals surface area contributed by atoms with Crippen molar-refractivity contribution in [3.8, 4) is 0 Å². The van der Waals surface area contributed by atoms with Gasteiger partial charge in [-0.1, -0.05) is 25.7 Å². The normalized spacial score (nSPS) is 10.6. The molecule has 0 bridgehead atoms. The van der Waals surface area contributed by atoms with Crippen LogP contribution in [0.3, 0.4) is 0 Å². The Balaban J connectivity index is 2.84. The van der Waals surface area contributed by atoms with Crippen LogP contribution in [0.4, 0.5) is 0 Å². The standard InChI is InChI=1S/C10H13N/c1-3-5-6-10-9(4-2)7-8-11-10/h4-8,11H,2-3H2,1H3/b6-5+. The fourth-order valence-corrected chi connectivity index (χ4v) is 0.952. The summed E-state index contributed by atoms with van der Waals surface area (Å²) in [5.74, 6) is 0. The number of hydrogen-bond acceptors (Lipinski definition) is 0. The number of aromatic amines is 1. The molecule has 1 rings (SSSR count). The van der Waals surface area contributed by atoms with Crippen LogP contribution in [-0.2, 0) is 0 Å². The maximum atomic E-state index is 3.72. The molecule has 1 N–H and O–H groups in total. The predicted octanol–water partition coefficient (Wildman–Crippen LogP) is 3.08. The van der Waals surface area contributed by atoms with Gasteiger partial charge in [0.15, 0.2) is 0 Å². The number of H-pyrrole nitrogens is 1. The van der Waals surface area contributed by atoms with Crippen LogP contribution in [0.25, 0.3) is 12.2 Å². The molecule has 11 heavy (non-hydrogen) atoms. The van der Waals surface area contributed by atoms with E-state index in [1.165, 1.54) is 0 Å². The molecule has 1 nitrogen and oxygen atoms in total. The first-order valence-corrected chi connectivity index (χ1v) is 3.84. The largest absolute Gasteiger partial charge is 0.361 e. The molecule has 0 fully saturated rings. The van der Waals surface area contributed by atoms with Gasteiger partial charge in [0.25, 0.3) is 0 Å². The van der Waals surface area contributed by atoms with E-state index in [0.717, 1.165) is 17.7 Å². The number of nitrogens with one attached hydrogen (secondary N) is 1. The molecule has 58 valence electrons. The van der Waals surface area contributed by atoms with Crippen molar-refractivity contribution in [3.63, 3.8) is 0 Å². The van der Waals surface area contributed by atoms with Crippen molar-refractivity contribution in [1.82, 2.24) is 4.98 Å². The van der Waals surface area contributed by atoms with Crippen LogP contribution < -0.4 is 0 Å². The van der Waals surface area contributed by atoms with Gasteiger partial charge >= 0.3 is 0 Å². The third-order valence-electron chi connectivity index (χ3n) is 1.55. The van der Waals surface area contributed by atoms with E-state index >= 15 is 0 Å². The van der Waals surface area contributed by atoms with Gasteiger partial charge in [-0.2, -0.15) is 0 Å². The SMILES string of the molecule is C=Cc1cc[nH]c1/C=C/CC. The Hall–Kier alpha value is -1.24. The van der Waals surface area contributed by atoms with Gasteiger partial charge in [-0.15, -0.1) is 0 Å². The molecule has 0 aliphatic rings. The van der Waals surface area contributed by atoms with Crippen LogP contribution in [-0.4, -0.2) is 4.98 Å². The number of aromatic nitrogens is 1. The van der Waals surface area contributed by atoms with Crippen molar-refractivity contribution in [2.75, 3.05) is 0 Å². The lowest BCUT2D eigenvalue weighted by Gasteiger charge is -1.89. The van der Waals surface area contributed by atoms with Gasteiger partial charge in [0.05, 0.1) is 0 Å². The van der Waals surface area contributed by atoms with Gasteiger partial charge in [-0.3, -0.25) is 0 Å². The molecule has 0 unspecified atom stereocenters. The lowest BCUT2D eigenvalue weighted by molar-refractivity contribution is 1.23. The highest BCUT2D eigenvalue weighted by Crippen LogP contribution is 2.09. The lowest BCUT2D eigenvalue weighted by atomic mass is 10.2. The van der Waals surface area contributed by atoms with Gasteiger partial charge in [0.2, 0.25) is 0 Å². The Bertz CT molecular complexity index is 256. The van der Waals surface area contributed by atoms with Gasteiger partial charge in [-0.25, -0.2) is 0 Å². The van der Waals surface area contributed by atoms with E-state index in [9.17, 15) is 0 Å². The summed E-state index contributed by atoms with van der Waals surface area (Å²) < 4.78 is 0. The van der Waals surface area contributed by atoms with E-state index in [4.69, 9.17) is 0 Å². The van der Waals surface area contributed by atoms with Gasteiger partial charge in [0, 0.05) is 11.9 Å². The zero-order valence-electron chi connectivity index (χ0n) is 6.80. The number of hydrogen-bond donors (Lipinski definition) is 1. The third-order valence-corrected chi connectivity index (χ3v) is 1.55. The van der Waals surface area contributed by atoms with Crippen molar-refractivity contribution in [1.29, 1.82) is 0 Å². The maximum Gasteiger partial charge on any atom is 0.0450 e. The molecule has 0 amide bonds. The summed E-state index contributed by atoms with van der Waals surface area (Å²) in [6.45, 7) is 5.84. The zero-order chi connectivity index (χ0) is 8.10. The van der Waals surface area contributed by atoms with E-state index in [1.54, 1.807) is 0 Å². The Morgan fingerprint density at radius 1 is 1.64 bits per heavy atom. The molecule has 0 atom stereocenters. The molecule has 1 heterocycles. The predicted molar refractivity (Wildman–Crippen MR) is 50.2 cm³/mol. The molecule has 0 aliphatic heterocycles. The van der Waals surface area contributed by atoms with Crippen LogP contribution in [0, 0.1) is 0 Å². The summed E-state index contributed by atoms with van der Waals surface area (Å²) in [5, 5.41) is 0.